The summed E-state index contributed by atoms with van der Waals surface area (Å²) >= 11 is 0. The number of benzene rings is 1. The monoisotopic (exact) mass is 262 g/mol. The first kappa shape index (κ1) is 13.5. The van der Waals surface area contributed by atoms with Gasteiger partial charge in [0.15, 0.2) is 14.1 Å². The van der Waals surface area contributed by atoms with Crippen LogP contribution in [0.2, 0.25) is 19.6 Å². The summed E-state index contributed by atoms with van der Waals surface area (Å²) in [6.07, 6.45) is 3.96. The Morgan fingerprint density at radius 1 is 1.11 bits per heavy atom. The topological polar surface area (TPSA) is 26.3 Å². The second kappa shape index (κ2) is 4.98. The van der Waals surface area contributed by atoms with Crippen molar-refractivity contribution in [2.45, 2.75) is 50.9 Å². The molecular formula is C15H22O2Si. The Balaban J connectivity index is 2.28. The Hall–Kier alpha value is -0.933. The van der Waals surface area contributed by atoms with Gasteiger partial charge in [-0.3, -0.25) is 4.79 Å². The fourth-order valence-electron chi connectivity index (χ4n) is 2.76. The van der Waals surface area contributed by atoms with Crippen molar-refractivity contribution in [2.75, 3.05) is 0 Å². The van der Waals surface area contributed by atoms with Crippen LogP contribution in [0.4, 0.5) is 0 Å². The van der Waals surface area contributed by atoms with Gasteiger partial charge in [0.1, 0.15) is 5.60 Å². The molecule has 1 aromatic rings. The van der Waals surface area contributed by atoms with E-state index in [1.54, 1.807) is 0 Å². The predicted octanol–water partition coefficient (Wildman–Crippen LogP) is 4.03. The summed E-state index contributed by atoms with van der Waals surface area (Å²) in [5.74, 6) is 0.183. The van der Waals surface area contributed by atoms with Crippen LogP contribution < -0.4 is 0 Å². The molecule has 0 atom stereocenters. The third kappa shape index (κ3) is 2.90. The van der Waals surface area contributed by atoms with Gasteiger partial charge in [0.25, 0.3) is 0 Å². The van der Waals surface area contributed by atoms with E-state index in [2.05, 4.69) is 19.6 Å². The SMILES string of the molecule is C[Si](C)(C)OC1(C(=O)c2ccccc2)CCCC1. The lowest BCUT2D eigenvalue weighted by Crippen LogP contribution is -2.46. The summed E-state index contributed by atoms with van der Waals surface area (Å²) in [4.78, 5) is 12.7. The van der Waals surface area contributed by atoms with Crippen LogP contribution in [0.3, 0.4) is 0 Å². The standard InChI is InChI=1S/C15H22O2Si/c1-18(2,3)17-15(11-7-8-12-15)14(16)13-9-5-4-6-10-13/h4-6,9-10H,7-8,11-12H2,1-3H3. The number of hydrogen-bond acceptors (Lipinski definition) is 2. The van der Waals surface area contributed by atoms with Crippen LogP contribution in [0.25, 0.3) is 0 Å². The van der Waals surface area contributed by atoms with Gasteiger partial charge in [-0.2, -0.15) is 0 Å². The van der Waals surface area contributed by atoms with E-state index in [-0.39, 0.29) is 5.78 Å². The van der Waals surface area contributed by atoms with Crippen LogP contribution in [-0.4, -0.2) is 19.7 Å². The minimum atomic E-state index is -1.71. The lowest BCUT2D eigenvalue weighted by molar-refractivity contribution is 0.0441. The first-order valence-corrected chi connectivity index (χ1v) is 10.1. The highest BCUT2D eigenvalue weighted by Crippen LogP contribution is 2.38. The summed E-state index contributed by atoms with van der Waals surface area (Å²) < 4.78 is 6.29. The second-order valence-electron chi connectivity index (χ2n) is 6.11. The minimum absolute atomic E-state index is 0.183. The molecule has 18 heavy (non-hydrogen) atoms. The van der Waals surface area contributed by atoms with E-state index >= 15 is 0 Å². The first-order chi connectivity index (χ1) is 8.43. The van der Waals surface area contributed by atoms with Gasteiger partial charge in [0, 0.05) is 5.56 Å². The molecule has 0 radical (unpaired) electrons. The molecule has 0 saturated heterocycles. The van der Waals surface area contributed by atoms with Gasteiger partial charge >= 0.3 is 0 Å². The predicted molar refractivity (Wildman–Crippen MR) is 76.4 cm³/mol. The maximum absolute atomic E-state index is 12.7. The van der Waals surface area contributed by atoms with E-state index in [4.69, 9.17) is 4.43 Å². The van der Waals surface area contributed by atoms with Gasteiger partial charge in [-0.15, -0.1) is 0 Å². The minimum Gasteiger partial charge on any atom is -0.405 e. The molecule has 1 aromatic carbocycles. The molecule has 1 aliphatic carbocycles. The quantitative estimate of drug-likeness (QED) is 0.605. The molecule has 0 amide bonds. The van der Waals surface area contributed by atoms with E-state index in [0.717, 1.165) is 31.2 Å². The van der Waals surface area contributed by atoms with Crippen molar-refractivity contribution in [3.05, 3.63) is 35.9 Å². The molecule has 3 heteroatoms. The fraction of sp³-hybridized carbons (Fsp3) is 0.533. The van der Waals surface area contributed by atoms with Crippen molar-refractivity contribution >= 4 is 14.1 Å². The molecular weight excluding hydrogens is 240 g/mol. The molecule has 2 rings (SSSR count). The molecule has 0 heterocycles. The van der Waals surface area contributed by atoms with Gasteiger partial charge < -0.3 is 4.43 Å². The molecule has 0 spiro atoms. The van der Waals surface area contributed by atoms with E-state index in [0.29, 0.717) is 0 Å². The molecule has 0 aromatic heterocycles. The number of carbonyl (C=O) groups excluding carboxylic acids is 1. The van der Waals surface area contributed by atoms with Crippen molar-refractivity contribution in [1.29, 1.82) is 0 Å². The van der Waals surface area contributed by atoms with Crippen molar-refractivity contribution in [1.82, 2.24) is 0 Å². The van der Waals surface area contributed by atoms with Gasteiger partial charge in [-0.05, 0) is 32.5 Å². The van der Waals surface area contributed by atoms with E-state index in [9.17, 15) is 4.79 Å². The Kier molecular flexibility index (Phi) is 3.73. The molecule has 1 fully saturated rings. The summed E-state index contributed by atoms with van der Waals surface area (Å²) in [6, 6.07) is 9.58. The largest absolute Gasteiger partial charge is 0.405 e. The fourth-order valence-corrected chi connectivity index (χ4v) is 4.23. The highest BCUT2D eigenvalue weighted by Gasteiger charge is 2.45. The Labute approximate surface area is 110 Å². The number of Topliss-reactive ketones (excluding diaryl/α,β-unsaturated/α-hetero) is 1. The Bertz CT molecular complexity index is 414. The molecule has 98 valence electrons. The summed E-state index contributed by atoms with van der Waals surface area (Å²) in [7, 11) is -1.71. The summed E-state index contributed by atoms with van der Waals surface area (Å²) in [5, 5.41) is 0. The number of carbonyl (C=O) groups is 1. The van der Waals surface area contributed by atoms with Crippen LogP contribution in [0.5, 0.6) is 0 Å². The molecule has 0 N–H and O–H groups in total. The Morgan fingerprint density at radius 2 is 1.67 bits per heavy atom. The van der Waals surface area contributed by atoms with E-state index < -0.39 is 13.9 Å². The smallest absolute Gasteiger partial charge is 0.193 e. The number of rotatable bonds is 4. The van der Waals surface area contributed by atoms with Crippen LogP contribution in [0, 0.1) is 0 Å². The molecule has 0 bridgehead atoms. The average Bonchev–Trinajstić information content (AvgIpc) is 2.76. The molecule has 0 aliphatic heterocycles. The Morgan fingerprint density at radius 3 is 2.17 bits per heavy atom. The lowest BCUT2D eigenvalue weighted by atomic mass is 9.91. The summed E-state index contributed by atoms with van der Waals surface area (Å²) in [6.45, 7) is 6.47. The van der Waals surface area contributed by atoms with Gasteiger partial charge in [-0.25, -0.2) is 0 Å². The van der Waals surface area contributed by atoms with Crippen LogP contribution in [-0.2, 0) is 4.43 Å². The van der Waals surface area contributed by atoms with Crippen molar-refractivity contribution in [3.63, 3.8) is 0 Å². The van der Waals surface area contributed by atoms with Crippen LogP contribution >= 0.6 is 0 Å². The third-order valence-electron chi connectivity index (χ3n) is 3.36. The molecule has 1 saturated carbocycles. The van der Waals surface area contributed by atoms with Crippen LogP contribution in [0.15, 0.2) is 30.3 Å². The lowest BCUT2D eigenvalue weighted by Gasteiger charge is -2.34. The van der Waals surface area contributed by atoms with Crippen molar-refractivity contribution in [3.8, 4) is 0 Å². The number of ketones is 1. The van der Waals surface area contributed by atoms with Gasteiger partial charge in [0.2, 0.25) is 0 Å². The van der Waals surface area contributed by atoms with Crippen molar-refractivity contribution in [2.24, 2.45) is 0 Å². The summed E-state index contributed by atoms with van der Waals surface area (Å²) in [5.41, 5.74) is 0.254. The highest BCUT2D eigenvalue weighted by atomic mass is 28.4. The van der Waals surface area contributed by atoms with Crippen LogP contribution in [0.1, 0.15) is 36.0 Å². The maximum atomic E-state index is 12.7. The second-order valence-corrected chi connectivity index (χ2v) is 10.5. The average molecular weight is 262 g/mol. The zero-order chi connectivity index (χ0) is 13.2. The molecule has 0 unspecified atom stereocenters. The van der Waals surface area contributed by atoms with Gasteiger partial charge in [0.05, 0.1) is 0 Å². The zero-order valence-electron chi connectivity index (χ0n) is 11.5. The molecule has 1 aliphatic rings. The van der Waals surface area contributed by atoms with E-state index in [1.807, 2.05) is 30.3 Å². The normalized spacial score (nSPS) is 18.8. The first-order valence-electron chi connectivity index (χ1n) is 6.73. The maximum Gasteiger partial charge on any atom is 0.193 e. The zero-order valence-corrected chi connectivity index (χ0v) is 12.5. The number of hydrogen-bond donors (Lipinski definition) is 0. The van der Waals surface area contributed by atoms with Gasteiger partial charge in [-0.1, -0.05) is 43.2 Å². The van der Waals surface area contributed by atoms with Crippen molar-refractivity contribution < 1.29 is 9.22 Å². The highest BCUT2D eigenvalue weighted by molar-refractivity contribution is 6.70. The third-order valence-corrected chi connectivity index (χ3v) is 4.37. The molecule has 2 nitrogen and oxygen atoms in total. The van der Waals surface area contributed by atoms with E-state index in [1.165, 1.54) is 0 Å².